The van der Waals surface area contributed by atoms with E-state index in [9.17, 15) is 9.90 Å². The zero-order chi connectivity index (χ0) is 16.3. The maximum atomic E-state index is 12.8. The molecule has 0 aromatic carbocycles. The fourth-order valence-corrected chi connectivity index (χ4v) is 7.55. The molecule has 3 fully saturated rings. The number of hydrogen-bond donors (Lipinski definition) is 1. The lowest BCUT2D eigenvalue weighted by atomic mass is 9.47. The molecule has 0 radical (unpaired) electrons. The van der Waals surface area contributed by atoms with Crippen LogP contribution in [0.1, 0.15) is 59.3 Å². The number of halogens is 1. The number of carbonyl (C=O) groups excluding carboxylic acids is 1. The minimum absolute atomic E-state index is 0.00299. The van der Waals surface area contributed by atoms with Crippen LogP contribution in [-0.2, 0) is 4.79 Å². The van der Waals surface area contributed by atoms with E-state index in [4.69, 9.17) is 0 Å². The van der Waals surface area contributed by atoms with Crippen molar-refractivity contribution in [2.45, 2.75) is 69.3 Å². The lowest BCUT2D eigenvalue weighted by Gasteiger charge is -2.59. The molecule has 2 bridgehead atoms. The smallest absolute Gasteiger partial charge is 0.137 e. The highest BCUT2D eigenvalue weighted by Crippen LogP contribution is 2.67. The van der Waals surface area contributed by atoms with E-state index in [1.165, 1.54) is 6.42 Å². The Balaban J connectivity index is 2.15. The first-order chi connectivity index (χ1) is 10.2. The molecule has 3 heteroatoms. The maximum Gasteiger partial charge on any atom is 0.137 e. The summed E-state index contributed by atoms with van der Waals surface area (Å²) in [4.78, 5) is 12.8. The van der Waals surface area contributed by atoms with Gasteiger partial charge in [0.2, 0.25) is 0 Å². The van der Waals surface area contributed by atoms with E-state index >= 15 is 0 Å². The van der Waals surface area contributed by atoms with E-state index < -0.39 is 6.10 Å². The van der Waals surface area contributed by atoms with Gasteiger partial charge in [0, 0.05) is 21.7 Å². The Labute approximate surface area is 148 Å². The lowest BCUT2D eigenvalue weighted by Crippen LogP contribution is -2.59. The van der Waals surface area contributed by atoms with Gasteiger partial charge in [0.05, 0.1) is 6.10 Å². The molecule has 3 unspecified atom stereocenters. The third kappa shape index (κ3) is 2.03. The van der Waals surface area contributed by atoms with Crippen LogP contribution in [0.5, 0.6) is 0 Å². The molecule has 0 aromatic rings. The molecule has 3 saturated carbocycles. The van der Waals surface area contributed by atoms with Gasteiger partial charge >= 0.3 is 0 Å². The standard InChI is InChI=1S/C19H29IO2/c1-5-17(3)10-11-18(4)12(2)6-8-19(15(20)16(17)22)9-7-13(21)14(18)19/h5,12,14-16,22H,1,6-11H2,2-4H3/t12?,14?,15-,16-,17+,18+,19?/m0/s1. The molecule has 0 spiro atoms. The van der Waals surface area contributed by atoms with E-state index in [0.717, 1.165) is 25.7 Å². The molecule has 3 aliphatic rings. The van der Waals surface area contributed by atoms with Crippen molar-refractivity contribution in [2.75, 3.05) is 0 Å². The van der Waals surface area contributed by atoms with Crippen LogP contribution in [0, 0.1) is 28.1 Å². The molecular weight excluding hydrogens is 387 g/mol. The van der Waals surface area contributed by atoms with Gasteiger partial charge in [-0.2, -0.15) is 0 Å². The number of ketones is 1. The maximum absolute atomic E-state index is 12.8. The Bertz CT molecular complexity index is 504. The van der Waals surface area contributed by atoms with Crippen molar-refractivity contribution in [1.29, 1.82) is 0 Å². The number of carbonyl (C=O) groups is 1. The summed E-state index contributed by atoms with van der Waals surface area (Å²) >= 11 is 2.46. The fourth-order valence-electron chi connectivity index (χ4n) is 5.74. The van der Waals surface area contributed by atoms with E-state index in [0.29, 0.717) is 18.1 Å². The molecule has 0 aromatic heterocycles. The summed E-state index contributed by atoms with van der Waals surface area (Å²) in [6.07, 6.45) is 7.47. The predicted octanol–water partition coefficient (Wildman–Crippen LogP) is 4.54. The first-order valence-electron chi connectivity index (χ1n) is 8.70. The van der Waals surface area contributed by atoms with Crippen LogP contribution < -0.4 is 0 Å². The van der Waals surface area contributed by atoms with Crippen molar-refractivity contribution >= 4 is 28.4 Å². The minimum Gasteiger partial charge on any atom is -0.391 e. The van der Waals surface area contributed by atoms with Crippen LogP contribution in [0.15, 0.2) is 12.7 Å². The highest BCUT2D eigenvalue weighted by Gasteiger charge is 2.65. The van der Waals surface area contributed by atoms with Gasteiger partial charge in [-0.1, -0.05) is 49.4 Å². The van der Waals surface area contributed by atoms with Crippen LogP contribution in [-0.4, -0.2) is 20.9 Å². The third-order valence-electron chi connectivity index (χ3n) is 7.73. The number of alkyl halides is 1. The monoisotopic (exact) mass is 416 g/mol. The summed E-state index contributed by atoms with van der Waals surface area (Å²) in [5, 5.41) is 11.1. The Morgan fingerprint density at radius 1 is 1.27 bits per heavy atom. The van der Waals surface area contributed by atoms with Crippen LogP contribution >= 0.6 is 22.6 Å². The lowest BCUT2D eigenvalue weighted by molar-refractivity contribution is -0.141. The van der Waals surface area contributed by atoms with Crippen LogP contribution in [0.3, 0.4) is 0 Å². The molecule has 7 atom stereocenters. The summed E-state index contributed by atoms with van der Waals surface area (Å²) in [5.74, 6) is 1.19. The second-order valence-corrected chi connectivity index (χ2v) is 9.98. The van der Waals surface area contributed by atoms with E-state index in [1.54, 1.807) is 0 Å². The molecule has 3 rings (SSSR count). The highest BCUT2D eigenvalue weighted by molar-refractivity contribution is 14.1. The second kappa shape index (κ2) is 5.30. The average Bonchev–Trinajstić information content (AvgIpc) is 2.86. The van der Waals surface area contributed by atoms with Crippen molar-refractivity contribution in [3.05, 3.63) is 12.7 Å². The predicted molar refractivity (Wildman–Crippen MR) is 98.0 cm³/mol. The summed E-state index contributed by atoms with van der Waals surface area (Å²) < 4.78 is 0.136. The Hall–Kier alpha value is 0.1000. The molecule has 0 saturated heterocycles. The SMILES string of the molecule is C=C[C@]1(C)CC[C@]2(C)C(C)CCC3(CCC(=O)C32)[C@@H](I)[C@@H]1O. The van der Waals surface area contributed by atoms with Gasteiger partial charge in [0.25, 0.3) is 0 Å². The third-order valence-corrected chi connectivity index (χ3v) is 9.65. The van der Waals surface area contributed by atoms with Crippen molar-refractivity contribution < 1.29 is 9.90 Å². The molecule has 1 N–H and O–H groups in total. The van der Waals surface area contributed by atoms with Crippen LogP contribution in [0.2, 0.25) is 0 Å². The van der Waals surface area contributed by atoms with Crippen molar-refractivity contribution in [3.63, 3.8) is 0 Å². The van der Waals surface area contributed by atoms with Gasteiger partial charge in [-0.15, -0.1) is 6.58 Å². The molecule has 0 aliphatic heterocycles. The van der Waals surface area contributed by atoms with Gasteiger partial charge in [0.1, 0.15) is 5.78 Å². The Kier molecular flexibility index (Phi) is 4.08. The molecular formula is C19H29IO2. The van der Waals surface area contributed by atoms with E-state index in [-0.39, 0.29) is 26.1 Å². The zero-order valence-corrected chi connectivity index (χ0v) is 16.2. The highest BCUT2D eigenvalue weighted by atomic mass is 127. The fraction of sp³-hybridized carbons (Fsp3) is 0.842. The zero-order valence-electron chi connectivity index (χ0n) is 14.1. The van der Waals surface area contributed by atoms with Gasteiger partial charge in [-0.3, -0.25) is 4.79 Å². The topological polar surface area (TPSA) is 37.3 Å². The number of aliphatic hydroxyl groups excluding tert-OH is 1. The average molecular weight is 416 g/mol. The van der Waals surface area contributed by atoms with E-state index in [2.05, 4.69) is 49.9 Å². The number of aliphatic hydroxyl groups is 1. The summed E-state index contributed by atoms with van der Waals surface area (Å²) in [6.45, 7) is 10.8. The largest absolute Gasteiger partial charge is 0.391 e. The van der Waals surface area contributed by atoms with Crippen molar-refractivity contribution in [2.24, 2.45) is 28.1 Å². The normalized spacial score (nSPS) is 55.2. The number of rotatable bonds is 1. The molecule has 0 heterocycles. The summed E-state index contributed by atoms with van der Waals surface area (Å²) in [6, 6.07) is 0. The molecule has 3 aliphatic carbocycles. The Morgan fingerprint density at radius 2 is 1.95 bits per heavy atom. The molecule has 2 nitrogen and oxygen atoms in total. The van der Waals surface area contributed by atoms with Gasteiger partial charge < -0.3 is 5.11 Å². The second-order valence-electron chi connectivity index (χ2n) is 8.63. The summed E-state index contributed by atoms with van der Waals surface area (Å²) in [7, 11) is 0. The molecule has 0 amide bonds. The number of hydrogen-bond acceptors (Lipinski definition) is 2. The van der Waals surface area contributed by atoms with E-state index in [1.807, 2.05) is 6.08 Å². The van der Waals surface area contributed by atoms with Gasteiger partial charge in [-0.25, -0.2) is 0 Å². The van der Waals surface area contributed by atoms with Crippen LogP contribution in [0.4, 0.5) is 0 Å². The first-order valence-corrected chi connectivity index (χ1v) is 9.94. The number of Topliss-reactive ketones (excluding diaryl/α,β-unsaturated/α-hetero) is 1. The van der Waals surface area contributed by atoms with Crippen molar-refractivity contribution in [3.8, 4) is 0 Å². The van der Waals surface area contributed by atoms with Gasteiger partial charge in [-0.05, 0) is 48.9 Å². The first kappa shape index (κ1) is 16.9. The molecule has 124 valence electrons. The Morgan fingerprint density at radius 3 is 2.59 bits per heavy atom. The quantitative estimate of drug-likeness (QED) is 0.387. The molecule has 22 heavy (non-hydrogen) atoms. The van der Waals surface area contributed by atoms with Crippen LogP contribution in [0.25, 0.3) is 0 Å². The minimum atomic E-state index is -0.406. The van der Waals surface area contributed by atoms with Crippen molar-refractivity contribution in [1.82, 2.24) is 0 Å². The summed E-state index contributed by atoms with van der Waals surface area (Å²) in [5.41, 5.74) is -0.156. The van der Waals surface area contributed by atoms with Gasteiger partial charge in [0.15, 0.2) is 0 Å².